The van der Waals surface area contributed by atoms with Gasteiger partial charge < -0.3 is 0 Å². The first kappa shape index (κ1) is 19.1. The van der Waals surface area contributed by atoms with Gasteiger partial charge in [-0.25, -0.2) is 8.78 Å². The van der Waals surface area contributed by atoms with Gasteiger partial charge in [0.05, 0.1) is 11.8 Å². The van der Waals surface area contributed by atoms with Gasteiger partial charge in [-0.3, -0.25) is 4.98 Å². The smallest absolute Gasteiger partial charge is 0.167 e. The topological polar surface area (TPSA) is 84.3 Å². The molecule has 1 aromatic heterocycles. The van der Waals surface area contributed by atoms with Gasteiger partial charge in [0, 0.05) is 51.3 Å². The van der Waals surface area contributed by atoms with Crippen LogP contribution in [0.5, 0.6) is 0 Å². The number of hydrogen-bond donors (Lipinski definition) is 0. The van der Waals surface area contributed by atoms with Crippen LogP contribution >= 0.6 is 0 Å². The van der Waals surface area contributed by atoms with Gasteiger partial charge in [-0.1, -0.05) is 36.4 Å². The van der Waals surface area contributed by atoms with Crippen molar-refractivity contribution in [3.8, 4) is 29.5 Å². The molecule has 6 heteroatoms. The molecule has 0 unspecified atom stereocenters. The Morgan fingerprint density at radius 1 is 0.812 bits per heavy atom. The fourth-order valence-corrected chi connectivity index (χ4v) is 4.43. The number of aromatic nitrogens is 1. The second kappa shape index (κ2) is 7.13. The first-order valence-electron chi connectivity index (χ1n) is 9.55. The minimum absolute atomic E-state index is 0.124. The second-order valence-electron chi connectivity index (χ2n) is 7.14. The van der Waals surface area contributed by atoms with Crippen LogP contribution in [0.3, 0.4) is 0 Å². The molecule has 3 aromatic rings. The minimum Gasteiger partial charge on any atom is -0.256 e. The van der Waals surface area contributed by atoms with Crippen LogP contribution in [0.25, 0.3) is 28.0 Å². The van der Waals surface area contributed by atoms with Gasteiger partial charge in [0.15, 0.2) is 11.6 Å². The number of allylic oxidation sites excluding steroid dienone is 5. The van der Waals surface area contributed by atoms with Crippen molar-refractivity contribution >= 4 is 16.7 Å². The van der Waals surface area contributed by atoms with Crippen molar-refractivity contribution in [2.75, 3.05) is 0 Å². The molecule has 0 radical (unpaired) electrons. The van der Waals surface area contributed by atoms with Crippen molar-refractivity contribution in [1.29, 1.82) is 15.8 Å². The van der Waals surface area contributed by atoms with Crippen LogP contribution in [0.15, 0.2) is 72.0 Å². The number of benzene rings is 2. The van der Waals surface area contributed by atoms with E-state index >= 15 is 4.39 Å². The summed E-state index contributed by atoms with van der Waals surface area (Å²) < 4.78 is 29.2. The third-order valence-corrected chi connectivity index (χ3v) is 5.61. The van der Waals surface area contributed by atoms with Gasteiger partial charge in [-0.15, -0.1) is 0 Å². The summed E-state index contributed by atoms with van der Waals surface area (Å²) in [5.41, 5.74) is 4.06. The Hall–Kier alpha value is -4.86. The molecule has 5 rings (SSSR count). The van der Waals surface area contributed by atoms with Crippen LogP contribution in [-0.4, -0.2) is 4.98 Å². The number of hydrogen-bond acceptors (Lipinski definition) is 4. The quantitative estimate of drug-likeness (QED) is 0.351. The zero-order chi connectivity index (χ0) is 22.4. The van der Waals surface area contributed by atoms with Crippen molar-refractivity contribution in [3.63, 3.8) is 0 Å². The van der Waals surface area contributed by atoms with Gasteiger partial charge in [-0.05, 0) is 23.3 Å². The Morgan fingerprint density at radius 3 is 2.25 bits per heavy atom. The number of pyridine rings is 1. The summed E-state index contributed by atoms with van der Waals surface area (Å²) in [6.45, 7) is 0. The molecule has 0 N–H and O–H groups in total. The number of halogens is 2. The largest absolute Gasteiger partial charge is 0.256 e. The van der Waals surface area contributed by atoms with Crippen LogP contribution in [0.4, 0.5) is 8.78 Å². The lowest BCUT2D eigenvalue weighted by molar-refractivity contribution is 0.506. The molecule has 0 spiro atoms. The van der Waals surface area contributed by atoms with Crippen LogP contribution in [-0.2, 0) is 0 Å². The molecule has 4 nitrogen and oxygen atoms in total. The lowest BCUT2D eigenvalue weighted by atomic mass is 9.89. The zero-order valence-corrected chi connectivity index (χ0v) is 16.3. The summed E-state index contributed by atoms with van der Waals surface area (Å²) in [7, 11) is 0. The molecule has 1 heterocycles. The summed E-state index contributed by atoms with van der Waals surface area (Å²) in [5, 5.41) is 28.9. The minimum atomic E-state index is -1.13. The van der Waals surface area contributed by atoms with E-state index in [9.17, 15) is 20.2 Å². The fraction of sp³-hybridized carbons (Fsp3) is 0. The predicted molar refractivity (Wildman–Crippen MR) is 114 cm³/mol. The molecule has 0 fully saturated rings. The summed E-state index contributed by atoms with van der Waals surface area (Å²) in [6, 6.07) is 19.0. The zero-order valence-electron chi connectivity index (χ0n) is 16.3. The first-order chi connectivity index (χ1) is 15.6. The molecule has 148 valence electrons. The molecule has 0 saturated carbocycles. The maximum Gasteiger partial charge on any atom is 0.167 e. The Morgan fingerprint density at radius 2 is 1.53 bits per heavy atom. The van der Waals surface area contributed by atoms with E-state index in [1.165, 1.54) is 6.07 Å². The first-order valence-corrected chi connectivity index (χ1v) is 9.55. The maximum atomic E-state index is 15.0. The highest BCUT2D eigenvalue weighted by Crippen LogP contribution is 2.55. The van der Waals surface area contributed by atoms with Crippen molar-refractivity contribution < 1.29 is 8.78 Å². The molecular weight excluding hydrogens is 406 g/mol. The molecule has 0 bridgehead atoms. The Balaban J connectivity index is 2.04. The lowest BCUT2D eigenvalue weighted by Crippen LogP contribution is -1.94. The van der Waals surface area contributed by atoms with Gasteiger partial charge in [0.25, 0.3) is 0 Å². The van der Waals surface area contributed by atoms with E-state index in [-0.39, 0.29) is 27.8 Å². The highest BCUT2D eigenvalue weighted by atomic mass is 19.2. The Bertz CT molecular complexity index is 1510. The van der Waals surface area contributed by atoms with Crippen molar-refractivity contribution in [2.45, 2.75) is 0 Å². The van der Waals surface area contributed by atoms with Crippen molar-refractivity contribution in [2.24, 2.45) is 0 Å². The van der Waals surface area contributed by atoms with E-state index in [0.29, 0.717) is 22.4 Å². The second-order valence-corrected chi connectivity index (χ2v) is 7.14. The summed E-state index contributed by atoms with van der Waals surface area (Å²) >= 11 is 0. The third-order valence-electron chi connectivity index (χ3n) is 5.61. The number of nitrogens with zero attached hydrogens (tertiary/aromatic N) is 4. The number of rotatable bonds is 0. The van der Waals surface area contributed by atoms with Gasteiger partial charge in [-0.2, -0.15) is 15.8 Å². The summed E-state index contributed by atoms with van der Waals surface area (Å²) in [6.07, 6.45) is 2.78. The molecule has 0 aliphatic heterocycles. The highest BCUT2D eigenvalue weighted by Gasteiger charge is 2.38. The van der Waals surface area contributed by atoms with Crippen LogP contribution in [0, 0.1) is 45.6 Å². The van der Waals surface area contributed by atoms with E-state index in [1.54, 1.807) is 12.3 Å². The molecule has 2 aliphatic rings. The molecule has 0 amide bonds. The van der Waals surface area contributed by atoms with Crippen molar-refractivity contribution in [1.82, 2.24) is 4.98 Å². The fourth-order valence-electron chi connectivity index (χ4n) is 4.43. The molecule has 2 aliphatic carbocycles. The van der Waals surface area contributed by atoms with Crippen LogP contribution in [0.1, 0.15) is 22.3 Å². The molecular formula is C26H10F2N4. The monoisotopic (exact) mass is 416 g/mol. The Kier molecular flexibility index (Phi) is 4.26. The third kappa shape index (κ3) is 2.46. The summed E-state index contributed by atoms with van der Waals surface area (Å²) in [4.78, 5) is 4.49. The van der Waals surface area contributed by atoms with Gasteiger partial charge >= 0.3 is 0 Å². The lowest BCUT2D eigenvalue weighted by Gasteiger charge is -2.12. The predicted octanol–water partition coefficient (Wildman–Crippen LogP) is 5.56. The SMILES string of the molecule is N#C/C=C1/C(=C2/c3ccccc3-c3ncccc32)C(=C(C#N)C#N)c2ccc(F)c(F)c21. The van der Waals surface area contributed by atoms with Gasteiger partial charge in [0.1, 0.15) is 17.7 Å². The molecule has 0 saturated heterocycles. The average Bonchev–Trinajstić information content (AvgIpc) is 3.31. The molecule has 32 heavy (non-hydrogen) atoms. The normalized spacial score (nSPS) is 16.6. The van der Waals surface area contributed by atoms with Crippen LogP contribution in [0.2, 0.25) is 0 Å². The summed E-state index contributed by atoms with van der Waals surface area (Å²) in [5.74, 6) is -2.22. The van der Waals surface area contributed by atoms with Gasteiger partial charge in [0.2, 0.25) is 0 Å². The van der Waals surface area contributed by atoms with Crippen molar-refractivity contribution in [3.05, 3.63) is 106 Å². The van der Waals surface area contributed by atoms with E-state index < -0.39 is 11.6 Å². The maximum absolute atomic E-state index is 15.0. The Labute approximate surface area is 181 Å². The number of fused-ring (bicyclic) bond motifs is 4. The van der Waals surface area contributed by atoms with E-state index in [1.807, 2.05) is 48.5 Å². The standard InChI is InChI=1S/C26H10F2N4/c27-20-8-7-17-21(14(12-30)13-31)24(18(9-10-29)23(17)25(20)28)22-15-4-1-2-5-16(15)26-19(22)6-3-11-32-26/h1-9,11H/b18-9+,24-22+. The van der Waals surface area contributed by atoms with E-state index in [2.05, 4.69) is 4.98 Å². The molecule has 2 aromatic carbocycles. The molecule has 0 atom stereocenters. The van der Waals surface area contributed by atoms with E-state index in [0.717, 1.165) is 23.3 Å². The number of nitriles is 3. The van der Waals surface area contributed by atoms with Crippen LogP contribution < -0.4 is 0 Å². The highest BCUT2D eigenvalue weighted by molar-refractivity contribution is 6.20. The van der Waals surface area contributed by atoms with E-state index in [4.69, 9.17) is 0 Å². The average molecular weight is 416 g/mol.